The molecule has 0 aliphatic rings. The van der Waals surface area contributed by atoms with Gasteiger partial charge in [-0.05, 0) is 21.0 Å². The second kappa shape index (κ2) is 5.09. The van der Waals surface area contributed by atoms with E-state index in [1.807, 2.05) is 19.0 Å². The number of anilines is 2. The van der Waals surface area contributed by atoms with Crippen LogP contribution in [-0.4, -0.2) is 52.8 Å². The van der Waals surface area contributed by atoms with Gasteiger partial charge in [0.05, 0.1) is 18.0 Å². The minimum atomic E-state index is -0.824. The van der Waals surface area contributed by atoms with E-state index in [4.69, 9.17) is 5.73 Å². The van der Waals surface area contributed by atoms with E-state index >= 15 is 0 Å². The van der Waals surface area contributed by atoms with E-state index in [0.29, 0.717) is 24.7 Å². The maximum absolute atomic E-state index is 10.0. The lowest BCUT2D eigenvalue weighted by Crippen LogP contribution is -2.43. The Morgan fingerprint density at radius 2 is 2.19 bits per heavy atom. The number of hydrogen-bond donors (Lipinski definition) is 3. The number of nitrogens with one attached hydrogen (secondary N) is 1. The minimum Gasteiger partial charge on any atom is -0.387 e. The number of hydrogen-bond acceptors (Lipinski definition) is 6. The predicted molar refractivity (Wildman–Crippen MR) is 64.1 cm³/mol. The highest BCUT2D eigenvalue weighted by atomic mass is 16.3. The Bertz CT molecular complexity index is 340. The lowest BCUT2D eigenvalue weighted by atomic mass is 10.1. The molecule has 1 aromatic heterocycles. The summed E-state index contributed by atoms with van der Waals surface area (Å²) >= 11 is 0. The molecule has 0 aliphatic carbocycles. The summed E-state index contributed by atoms with van der Waals surface area (Å²) in [6.45, 7) is 2.72. The third-order valence-corrected chi connectivity index (χ3v) is 1.96. The van der Waals surface area contributed by atoms with Gasteiger partial charge in [0.25, 0.3) is 0 Å². The molecule has 1 rings (SSSR count). The second-order valence-electron chi connectivity index (χ2n) is 4.42. The van der Waals surface area contributed by atoms with E-state index in [2.05, 4.69) is 15.3 Å². The molecule has 0 fully saturated rings. The molecule has 1 atom stereocenters. The second-order valence-corrected chi connectivity index (χ2v) is 4.42. The molecule has 16 heavy (non-hydrogen) atoms. The van der Waals surface area contributed by atoms with Crippen LogP contribution in [0, 0.1) is 0 Å². The van der Waals surface area contributed by atoms with Gasteiger partial charge < -0.3 is 21.1 Å². The largest absolute Gasteiger partial charge is 0.387 e. The van der Waals surface area contributed by atoms with Crippen LogP contribution in [0.15, 0.2) is 12.4 Å². The molecule has 0 radical (unpaired) electrons. The molecule has 0 aliphatic heterocycles. The van der Waals surface area contributed by atoms with E-state index in [9.17, 15) is 5.11 Å². The molecule has 90 valence electrons. The maximum atomic E-state index is 10.0. The van der Waals surface area contributed by atoms with E-state index in [0.717, 1.165) is 0 Å². The molecule has 0 spiro atoms. The van der Waals surface area contributed by atoms with Crippen LogP contribution in [0.1, 0.15) is 6.92 Å². The molecular formula is C10H19N5O. The maximum Gasteiger partial charge on any atom is 0.147 e. The molecule has 0 saturated heterocycles. The fourth-order valence-electron chi connectivity index (χ4n) is 1.48. The SMILES string of the molecule is CN(C)CC(C)(O)CNc1cncc(N)n1. The van der Waals surface area contributed by atoms with Crippen LogP contribution in [-0.2, 0) is 0 Å². The summed E-state index contributed by atoms with van der Waals surface area (Å²) in [4.78, 5) is 9.86. The highest BCUT2D eigenvalue weighted by Gasteiger charge is 2.21. The van der Waals surface area contributed by atoms with E-state index in [1.165, 1.54) is 6.20 Å². The van der Waals surface area contributed by atoms with Crippen molar-refractivity contribution in [3.8, 4) is 0 Å². The summed E-state index contributed by atoms with van der Waals surface area (Å²) in [5.74, 6) is 0.927. The number of likely N-dealkylation sites (N-methyl/N-ethyl adjacent to an activating group) is 1. The summed E-state index contributed by atoms with van der Waals surface area (Å²) in [6, 6.07) is 0. The van der Waals surface area contributed by atoms with Crippen molar-refractivity contribution in [1.82, 2.24) is 14.9 Å². The Labute approximate surface area is 95.5 Å². The first-order valence-corrected chi connectivity index (χ1v) is 5.07. The summed E-state index contributed by atoms with van der Waals surface area (Å²) in [5, 5.41) is 13.0. The number of rotatable bonds is 5. The monoisotopic (exact) mass is 225 g/mol. The number of aromatic nitrogens is 2. The Morgan fingerprint density at radius 1 is 1.50 bits per heavy atom. The number of nitrogens with two attached hydrogens (primary N) is 1. The quantitative estimate of drug-likeness (QED) is 0.642. The molecule has 1 heterocycles. The van der Waals surface area contributed by atoms with Gasteiger partial charge in [-0.2, -0.15) is 0 Å². The molecule has 0 saturated carbocycles. The molecule has 1 aromatic rings. The van der Waals surface area contributed by atoms with Crippen LogP contribution in [0.3, 0.4) is 0 Å². The Balaban J connectivity index is 2.50. The van der Waals surface area contributed by atoms with Crippen molar-refractivity contribution >= 4 is 11.6 Å². The highest BCUT2D eigenvalue weighted by molar-refractivity contribution is 5.38. The topological polar surface area (TPSA) is 87.3 Å². The Morgan fingerprint density at radius 3 is 2.75 bits per heavy atom. The Hall–Kier alpha value is -1.40. The first-order chi connectivity index (χ1) is 7.39. The lowest BCUT2D eigenvalue weighted by Gasteiger charge is -2.27. The third kappa shape index (κ3) is 4.41. The molecule has 0 bridgehead atoms. The van der Waals surface area contributed by atoms with Crippen LogP contribution >= 0.6 is 0 Å². The predicted octanol–water partition coefficient (Wildman–Crippen LogP) is -0.217. The standard InChI is InChI=1S/C10H19N5O/c1-10(16,7-15(2)3)6-13-9-5-12-4-8(11)14-9/h4-5,16H,6-7H2,1-3H3,(H3,11,13,14). The molecular weight excluding hydrogens is 206 g/mol. The highest BCUT2D eigenvalue weighted by Crippen LogP contribution is 2.08. The summed E-state index contributed by atoms with van der Waals surface area (Å²) in [7, 11) is 3.82. The molecule has 0 aromatic carbocycles. The van der Waals surface area contributed by atoms with Crippen molar-refractivity contribution in [3.63, 3.8) is 0 Å². The van der Waals surface area contributed by atoms with Crippen LogP contribution in [0.4, 0.5) is 11.6 Å². The molecule has 1 unspecified atom stereocenters. The van der Waals surface area contributed by atoms with Crippen molar-refractivity contribution < 1.29 is 5.11 Å². The average molecular weight is 225 g/mol. The zero-order valence-corrected chi connectivity index (χ0v) is 9.94. The van der Waals surface area contributed by atoms with Crippen LogP contribution in [0.25, 0.3) is 0 Å². The molecule has 4 N–H and O–H groups in total. The van der Waals surface area contributed by atoms with Crippen molar-refractivity contribution in [3.05, 3.63) is 12.4 Å². The van der Waals surface area contributed by atoms with Gasteiger partial charge in [0.1, 0.15) is 11.6 Å². The zero-order chi connectivity index (χ0) is 12.2. The van der Waals surface area contributed by atoms with Gasteiger partial charge in [0, 0.05) is 13.1 Å². The van der Waals surface area contributed by atoms with Crippen LogP contribution in [0.2, 0.25) is 0 Å². The first-order valence-electron chi connectivity index (χ1n) is 5.07. The Kier molecular flexibility index (Phi) is 4.03. The van der Waals surface area contributed by atoms with Gasteiger partial charge in [0.2, 0.25) is 0 Å². The van der Waals surface area contributed by atoms with E-state index < -0.39 is 5.60 Å². The first kappa shape index (κ1) is 12.7. The van der Waals surface area contributed by atoms with Crippen molar-refractivity contribution in [2.45, 2.75) is 12.5 Å². The lowest BCUT2D eigenvalue weighted by molar-refractivity contribution is 0.0459. The summed E-state index contributed by atoms with van der Waals surface area (Å²) in [6.07, 6.45) is 3.05. The number of nitrogens with zero attached hydrogens (tertiary/aromatic N) is 3. The van der Waals surface area contributed by atoms with Gasteiger partial charge in [0.15, 0.2) is 0 Å². The normalized spacial score (nSPS) is 14.8. The molecule has 0 amide bonds. The van der Waals surface area contributed by atoms with Gasteiger partial charge in [-0.1, -0.05) is 0 Å². The molecule has 6 nitrogen and oxygen atoms in total. The minimum absolute atomic E-state index is 0.359. The smallest absolute Gasteiger partial charge is 0.147 e. The summed E-state index contributed by atoms with van der Waals surface area (Å²) in [5.41, 5.74) is 4.67. The fourth-order valence-corrected chi connectivity index (χ4v) is 1.48. The van der Waals surface area contributed by atoms with E-state index in [1.54, 1.807) is 13.1 Å². The molecule has 6 heteroatoms. The van der Waals surface area contributed by atoms with E-state index in [-0.39, 0.29) is 0 Å². The van der Waals surface area contributed by atoms with Gasteiger partial charge >= 0.3 is 0 Å². The van der Waals surface area contributed by atoms with Gasteiger partial charge in [-0.3, -0.25) is 4.98 Å². The van der Waals surface area contributed by atoms with Gasteiger partial charge in [-0.25, -0.2) is 4.98 Å². The van der Waals surface area contributed by atoms with Crippen molar-refractivity contribution in [1.29, 1.82) is 0 Å². The van der Waals surface area contributed by atoms with Crippen molar-refractivity contribution in [2.75, 3.05) is 38.2 Å². The fraction of sp³-hybridized carbons (Fsp3) is 0.600. The summed E-state index contributed by atoms with van der Waals surface area (Å²) < 4.78 is 0. The van der Waals surface area contributed by atoms with Crippen LogP contribution < -0.4 is 11.1 Å². The third-order valence-electron chi connectivity index (χ3n) is 1.96. The number of nitrogen functional groups attached to an aromatic ring is 1. The van der Waals surface area contributed by atoms with Gasteiger partial charge in [-0.15, -0.1) is 0 Å². The zero-order valence-electron chi connectivity index (χ0n) is 9.94. The number of aliphatic hydroxyl groups is 1. The van der Waals surface area contributed by atoms with Crippen LogP contribution in [0.5, 0.6) is 0 Å². The van der Waals surface area contributed by atoms with Crippen molar-refractivity contribution in [2.24, 2.45) is 0 Å². The average Bonchev–Trinajstić information content (AvgIpc) is 2.13.